The van der Waals surface area contributed by atoms with Crippen LogP contribution in [0.5, 0.6) is 0 Å². The Labute approximate surface area is 116 Å². The Balaban J connectivity index is 1.78. The molecule has 2 nitrogen and oxygen atoms in total. The maximum Gasteiger partial charge on any atom is 0.226 e. The Kier molecular flexibility index (Phi) is 5.00. The second kappa shape index (κ2) is 6.74. The van der Waals surface area contributed by atoms with Crippen molar-refractivity contribution in [3.63, 3.8) is 0 Å². The number of amides is 1. The summed E-state index contributed by atoms with van der Waals surface area (Å²) >= 11 is 0. The molecule has 2 heteroatoms. The molecule has 2 rings (SSSR count). The van der Waals surface area contributed by atoms with Gasteiger partial charge in [0.1, 0.15) is 0 Å². The summed E-state index contributed by atoms with van der Waals surface area (Å²) in [6.45, 7) is 5.94. The number of hydrogen-bond acceptors (Lipinski definition) is 1. The molecule has 1 heterocycles. The normalized spacial score (nSPS) is 16.9. The monoisotopic (exact) mass is 258 g/mol. The van der Waals surface area contributed by atoms with Gasteiger partial charge >= 0.3 is 0 Å². The first kappa shape index (κ1) is 14.1. The molecule has 0 atom stereocenters. The third-order valence-corrected chi connectivity index (χ3v) is 3.77. The van der Waals surface area contributed by atoms with E-state index in [2.05, 4.69) is 44.2 Å². The molecule has 0 N–H and O–H groups in total. The Morgan fingerprint density at radius 2 is 1.89 bits per heavy atom. The maximum atomic E-state index is 11.9. The highest BCUT2D eigenvalue weighted by molar-refractivity contribution is 5.85. The van der Waals surface area contributed by atoms with E-state index in [-0.39, 0.29) is 5.91 Å². The molecule has 1 aromatic rings. The Bertz CT molecular complexity index is 391. The summed E-state index contributed by atoms with van der Waals surface area (Å²) in [5.41, 5.74) is 1.42. The van der Waals surface area contributed by atoms with Crippen LogP contribution in [0.25, 0.3) is 0 Å². The topological polar surface area (TPSA) is 20.3 Å². The van der Waals surface area contributed by atoms with Crippen molar-refractivity contribution in [1.82, 2.24) is 4.90 Å². The fraction of sp³-hybridized carbons (Fsp3) is 0.529. The highest BCUT2D eigenvalue weighted by Gasteiger charge is 2.23. The van der Waals surface area contributed by atoms with E-state index in [1.165, 1.54) is 5.56 Å². The first-order valence-corrected chi connectivity index (χ1v) is 7.33. The van der Waals surface area contributed by atoms with Crippen LogP contribution in [0, 0.1) is 18.3 Å². The smallest absolute Gasteiger partial charge is 0.226 e. The van der Waals surface area contributed by atoms with Gasteiger partial charge in [0.05, 0.1) is 6.42 Å². The minimum Gasteiger partial charge on any atom is -0.342 e. The number of piperidine rings is 1. The van der Waals surface area contributed by atoms with Crippen LogP contribution in [-0.4, -0.2) is 23.9 Å². The third-order valence-electron chi connectivity index (χ3n) is 3.77. The molecule has 1 radical (unpaired) electrons. The first-order chi connectivity index (χ1) is 9.15. The van der Waals surface area contributed by atoms with Crippen molar-refractivity contribution in [3.8, 4) is 0 Å². The van der Waals surface area contributed by atoms with Gasteiger partial charge in [-0.1, -0.05) is 44.2 Å². The molecule has 1 aliphatic rings. The minimum absolute atomic E-state index is 0.216. The van der Waals surface area contributed by atoms with Gasteiger partial charge in [-0.25, -0.2) is 0 Å². The van der Waals surface area contributed by atoms with Crippen LogP contribution < -0.4 is 0 Å². The van der Waals surface area contributed by atoms with Crippen LogP contribution in [-0.2, 0) is 11.2 Å². The Morgan fingerprint density at radius 3 is 2.47 bits per heavy atom. The highest BCUT2D eigenvalue weighted by atomic mass is 16.2. The summed E-state index contributed by atoms with van der Waals surface area (Å²) < 4.78 is 0. The molecule has 19 heavy (non-hydrogen) atoms. The molecular weight excluding hydrogens is 234 g/mol. The second-order valence-electron chi connectivity index (χ2n) is 5.87. The van der Waals surface area contributed by atoms with Gasteiger partial charge in [-0.15, -0.1) is 0 Å². The van der Waals surface area contributed by atoms with Crippen LogP contribution in [0.15, 0.2) is 30.3 Å². The maximum absolute atomic E-state index is 11.9. The van der Waals surface area contributed by atoms with Crippen molar-refractivity contribution in [1.29, 1.82) is 0 Å². The molecule has 0 bridgehead atoms. The van der Waals surface area contributed by atoms with Gasteiger partial charge in [0.15, 0.2) is 0 Å². The fourth-order valence-corrected chi connectivity index (χ4v) is 2.70. The molecule has 1 saturated heterocycles. The zero-order chi connectivity index (χ0) is 13.7. The summed E-state index contributed by atoms with van der Waals surface area (Å²) in [4.78, 5) is 13.9. The van der Waals surface area contributed by atoms with Gasteiger partial charge in [-0.05, 0) is 36.7 Å². The fourth-order valence-electron chi connectivity index (χ4n) is 2.70. The van der Waals surface area contributed by atoms with Gasteiger partial charge in [-0.3, -0.25) is 4.79 Å². The zero-order valence-corrected chi connectivity index (χ0v) is 12.0. The van der Waals surface area contributed by atoms with E-state index < -0.39 is 0 Å². The minimum atomic E-state index is 0.216. The number of likely N-dealkylation sites (tertiary alicyclic amines) is 1. The summed E-state index contributed by atoms with van der Waals surface area (Å²) in [7, 11) is 0. The van der Waals surface area contributed by atoms with Gasteiger partial charge < -0.3 is 4.90 Å². The molecule has 0 saturated carbocycles. The molecule has 1 aromatic carbocycles. The standard InChI is InChI=1S/C17H24NO/c1-14(2)12-17(19)18-10-8-16(9-11-18)13-15-6-4-3-5-7-15/h3-7,12,14,16H,8-11,13H2,1-2H3. The van der Waals surface area contributed by atoms with E-state index in [4.69, 9.17) is 0 Å². The van der Waals surface area contributed by atoms with Crippen LogP contribution in [0.2, 0.25) is 0 Å². The lowest BCUT2D eigenvalue weighted by molar-refractivity contribution is -0.129. The summed E-state index contributed by atoms with van der Waals surface area (Å²) in [5.74, 6) is 1.29. The van der Waals surface area contributed by atoms with Gasteiger partial charge in [0.25, 0.3) is 0 Å². The molecular formula is C17H24NO. The number of carbonyl (C=O) groups is 1. The van der Waals surface area contributed by atoms with E-state index in [1.54, 1.807) is 0 Å². The number of carbonyl (C=O) groups excluding carboxylic acids is 1. The lowest BCUT2D eigenvalue weighted by Gasteiger charge is -2.32. The number of hydrogen-bond donors (Lipinski definition) is 0. The van der Waals surface area contributed by atoms with E-state index in [1.807, 2.05) is 11.3 Å². The molecule has 1 fully saturated rings. The number of rotatable bonds is 4. The van der Waals surface area contributed by atoms with Crippen molar-refractivity contribution >= 4 is 5.91 Å². The molecule has 103 valence electrons. The lowest BCUT2D eigenvalue weighted by Crippen LogP contribution is -2.39. The van der Waals surface area contributed by atoms with Crippen molar-refractivity contribution in [2.75, 3.05) is 13.1 Å². The first-order valence-electron chi connectivity index (χ1n) is 7.33. The SMILES string of the molecule is CC(C)[CH]C(=O)N1CCC(Cc2ccccc2)CC1. The van der Waals surface area contributed by atoms with Crippen LogP contribution in [0.4, 0.5) is 0 Å². The molecule has 0 aliphatic carbocycles. The molecule has 0 spiro atoms. The van der Waals surface area contributed by atoms with Crippen molar-refractivity contribution in [2.24, 2.45) is 11.8 Å². The molecule has 1 aliphatic heterocycles. The number of benzene rings is 1. The summed E-state index contributed by atoms with van der Waals surface area (Å²) in [5, 5.41) is 0. The largest absolute Gasteiger partial charge is 0.342 e. The van der Waals surface area contributed by atoms with Crippen LogP contribution in [0.1, 0.15) is 32.3 Å². The van der Waals surface area contributed by atoms with Crippen molar-refractivity contribution in [2.45, 2.75) is 33.1 Å². The quantitative estimate of drug-likeness (QED) is 0.811. The van der Waals surface area contributed by atoms with Gasteiger partial charge in [0, 0.05) is 13.1 Å². The van der Waals surface area contributed by atoms with E-state index >= 15 is 0 Å². The highest BCUT2D eigenvalue weighted by Crippen LogP contribution is 2.22. The Hall–Kier alpha value is -1.31. The molecule has 1 amide bonds. The molecule has 0 unspecified atom stereocenters. The van der Waals surface area contributed by atoms with E-state index in [0.717, 1.165) is 38.3 Å². The zero-order valence-electron chi connectivity index (χ0n) is 12.0. The lowest BCUT2D eigenvalue weighted by atomic mass is 9.90. The van der Waals surface area contributed by atoms with Gasteiger partial charge in [0.2, 0.25) is 5.91 Å². The average molecular weight is 258 g/mol. The summed E-state index contributed by atoms with van der Waals surface area (Å²) in [6, 6.07) is 10.7. The molecule has 0 aromatic heterocycles. The second-order valence-corrected chi connectivity index (χ2v) is 5.87. The van der Waals surface area contributed by atoms with E-state index in [0.29, 0.717) is 5.92 Å². The third kappa shape index (κ3) is 4.38. The van der Waals surface area contributed by atoms with E-state index in [9.17, 15) is 4.79 Å². The van der Waals surface area contributed by atoms with Gasteiger partial charge in [-0.2, -0.15) is 0 Å². The predicted molar refractivity (Wildman–Crippen MR) is 78.6 cm³/mol. The van der Waals surface area contributed by atoms with Crippen LogP contribution >= 0.6 is 0 Å². The van der Waals surface area contributed by atoms with Crippen LogP contribution in [0.3, 0.4) is 0 Å². The predicted octanol–water partition coefficient (Wildman–Crippen LogP) is 3.33. The summed E-state index contributed by atoms with van der Waals surface area (Å²) in [6.07, 6.45) is 5.24. The number of nitrogens with zero attached hydrogens (tertiary/aromatic N) is 1. The Morgan fingerprint density at radius 1 is 1.26 bits per heavy atom. The average Bonchev–Trinajstić information content (AvgIpc) is 2.40. The van der Waals surface area contributed by atoms with Crippen molar-refractivity contribution < 1.29 is 4.79 Å². The van der Waals surface area contributed by atoms with Crippen molar-refractivity contribution in [3.05, 3.63) is 42.3 Å².